The van der Waals surface area contributed by atoms with Crippen molar-refractivity contribution in [2.24, 2.45) is 0 Å². The number of anilines is 1. The number of benzene rings is 3. The van der Waals surface area contributed by atoms with Crippen LogP contribution in [0.3, 0.4) is 0 Å². The highest BCUT2D eigenvalue weighted by Gasteiger charge is 2.17. The van der Waals surface area contributed by atoms with Crippen LogP contribution in [0.2, 0.25) is 5.02 Å². The van der Waals surface area contributed by atoms with Crippen LogP contribution in [-0.2, 0) is 11.2 Å². The van der Waals surface area contributed by atoms with E-state index < -0.39 is 0 Å². The number of aryl methyl sites for hydroxylation is 1. The molecular weight excluding hydrogens is 440 g/mol. The van der Waals surface area contributed by atoms with Crippen molar-refractivity contribution in [1.29, 1.82) is 0 Å². The quantitative estimate of drug-likeness (QED) is 0.333. The summed E-state index contributed by atoms with van der Waals surface area (Å²) in [6, 6.07) is 23.7. The van der Waals surface area contributed by atoms with Gasteiger partial charge in [0.15, 0.2) is 11.0 Å². The molecule has 0 unspecified atom stereocenters. The maximum Gasteiger partial charge on any atom is 0.234 e. The molecule has 4 rings (SSSR count). The van der Waals surface area contributed by atoms with E-state index in [1.54, 1.807) is 6.07 Å². The summed E-state index contributed by atoms with van der Waals surface area (Å²) in [5.74, 6) is 0.812. The van der Waals surface area contributed by atoms with Gasteiger partial charge < -0.3 is 5.32 Å². The van der Waals surface area contributed by atoms with Gasteiger partial charge in [0.2, 0.25) is 5.91 Å². The van der Waals surface area contributed by atoms with E-state index in [9.17, 15) is 4.79 Å². The van der Waals surface area contributed by atoms with Gasteiger partial charge in [0.25, 0.3) is 0 Å². The van der Waals surface area contributed by atoms with Crippen LogP contribution < -0.4 is 5.32 Å². The Balaban J connectivity index is 1.60. The maximum absolute atomic E-state index is 12.6. The molecule has 1 aromatic heterocycles. The van der Waals surface area contributed by atoms with E-state index in [-0.39, 0.29) is 11.7 Å². The van der Waals surface area contributed by atoms with Crippen molar-refractivity contribution < 1.29 is 4.79 Å². The molecule has 0 aliphatic heterocycles. The van der Waals surface area contributed by atoms with Crippen molar-refractivity contribution in [2.75, 3.05) is 11.1 Å². The first-order valence-corrected chi connectivity index (χ1v) is 11.7. The first-order valence-electron chi connectivity index (χ1n) is 10.3. The Morgan fingerprint density at radius 2 is 1.75 bits per heavy atom. The highest BCUT2D eigenvalue weighted by molar-refractivity contribution is 7.99. The van der Waals surface area contributed by atoms with Gasteiger partial charge in [0, 0.05) is 22.0 Å². The fourth-order valence-corrected chi connectivity index (χ4v) is 4.24. The van der Waals surface area contributed by atoms with E-state index in [1.807, 2.05) is 54.0 Å². The number of aromatic nitrogens is 3. The molecule has 3 aromatic carbocycles. The Morgan fingerprint density at radius 3 is 2.47 bits per heavy atom. The third kappa shape index (κ3) is 4.87. The van der Waals surface area contributed by atoms with E-state index >= 15 is 0 Å². The lowest BCUT2D eigenvalue weighted by molar-refractivity contribution is -0.113. The number of nitrogens with zero attached hydrogens (tertiary/aromatic N) is 3. The minimum absolute atomic E-state index is 0.127. The van der Waals surface area contributed by atoms with Crippen molar-refractivity contribution in [3.8, 4) is 17.1 Å². The molecule has 0 atom stereocenters. The molecule has 0 fully saturated rings. The topological polar surface area (TPSA) is 59.8 Å². The predicted octanol–water partition coefficient (Wildman–Crippen LogP) is 6.19. The van der Waals surface area contributed by atoms with Crippen LogP contribution in [0.1, 0.15) is 18.1 Å². The Labute approximate surface area is 196 Å². The standard InChI is InChI=1S/C25H23ClN4OS/c1-3-18-12-14-20(15-13-18)30-24(19-8-5-4-6-9-19)28-29-25(30)32-16-23(31)27-22-11-7-10-21(26)17(22)2/h4-15H,3,16H2,1-2H3,(H,27,31). The molecule has 32 heavy (non-hydrogen) atoms. The molecule has 0 radical (unpaired) electrons. The molecule has 0 saturated carbocycles. The smallest absolute Gasteiger partial charge is 0.234 e. The molecule has 0 aliphatic rings. The minimum atomic E-state index is -0.127. The second-order valence-electron chi connectivity index (χ2n) is 7.28. The van der Waals surface area contributed by atoms with Gasteiger partial charge >= 0.3 is 0 Å². The number of rotatable bonds is 7. The van der Waals surface area contributed by atoms with Crippen LogP contribution in [0.25, 0.3) is 17.1 Å². The summed E-state index contributed by atoms with van der Waals surface area (Å²) in [5, 5.41) is 13.0. The molecular formula is C25H23ClN4OS. The number of amides is 1. The zero-order valence-electron chi connectivity index (χ0n) is 17.9. The first-order chi connectivity index (χ1) is 15.6. The SMILES string of the molecule is CCc1ccc(-n2c(SCC(=O)Nc3cccc(Cl)c3C)nnc2-c2ccccc2)cc1. The molecule has 0 bridgehead atoms. The van der Waals surface area contributed by atoms with Crippen molar-refractivity contribution in [3.63, 3.8) is 0 Å². The molecule has 0 aliphatic carbocycles. The number of hydrogen-bond donors (Lipinski definition) is 1. The Kier molecular flexibility index (Phi) is 6.93. The lowest BCUT2D eigenvalue weighted by atomic mass is 10.1. The number of thioether (sulfide) groups is 1. The van der Waals surface area contributed by atoms with Crippen LogP contribution >= 0.6 is 23.4 Å². The first kappa shape index (κ1) is 22.1. The molecule has 0 spiro atoms. The highest BCUT2D eigenvalue weighted by atomic mass is 35.5. The predicted molar refractivity (Wildman–Crippen MR) is 132 cm³/mol. The second-order valence-corrected chi connectivity index (χ2v) is 8.63. The van der Waals surface area contributed by atoms with Crippen molar-refractivity contribution in [2.45, 2.75) is 25.4 Å². The largest absolute Gasteiger partial charge is 0.325 e. The molecule has 7 heteroatoms. The maximum atomic E-state index is 12.6. The molecule has 162 valence electrons. The van der Waals surface area contributed by atoms with E-state index in [2.05, 4.69) is 46.7 Å². The van der Waals surface area contributed by atoms with Crippen LogP contribution in [-0.4, -0.2) is 26.4 Å². The summed E-state index contributed by atoms with van der Waals surface area (Å²) in [6.45, 7) is 4.01. The molecule has 1 N–H and O–H groups in total. The van der Waals surface area contributed by atoms with E-state index in [1.165, 1.54) is 17.3 Å². The van der Waals surface area contributed by atoms with Gasteiger partial charge in [-0.05, 0) is 48.7 Å². The number of hydrogen-bond acceptors (Lipinski definition) is 4. The molecule has 5 nitrogen and oxygen atoms in total. The van der Waals surface area contributed by atoms with Gasteiger partial charge in [-0.1, -0.05) is 78.8 Å². The van der Waals surface area contributed by atoms with Gasteiger partial charge in [0.1, 0.15) is 0 Å². The Morgan fingerprint density at radius 1 is 1.00 bits per heavy atom. The number of carbonyl (C=O) groups is 1. The van der Waals surface area contributed by atoms with Crippen LogP contribution in [0, 0.1) is 6.92 Å². The molecule has 4 aromatic rings. The zero-order valence-corrected chi connectivity index (χ0v) is 19.5. The van der Waals surface area contributed by atoms with Gasteiger partial charge in [-0.3, -0.25) is 9.36 Å². The molecule has 0 saturated heterocycles. The van der Waals surface area contributed by atoms with Crippen molar-refractivity contribution >= 4 is 35.0 Å². The van der Waals surface area contributed by atoms with E-state index in [0.717, 1.165) is 29.1 Å². The summed E-state index contributed by atoms with van der Waals surface area (Å²) in [6.07, 6.45) is 0.971. The van der Waals surface area contributed by atoms with Crippen LogP contribution in [0.4, 0.5) is 5.69 Å². The van der Waals surface area contributed by atoms with E-state index in [0.29, 0.717) is 15.9 Å². The fourth-order valence-electron chi connectivity index (χ4n) is 3.31. The normalized spacial score (nSPS) is 10.8. The summed E-state index contributed by atoms with van der Waals surface area (Å²) in [4.78, 5) is 12.6. The Hall–Kier alpha value is -3.09. The molecule has 1 amide bonds. The summed E-state index contributed by atoms with van der Waals surface area (Å²) in [7, 11) is 0. The fraction of sp³-hybridized carbons (Fsp3) is 0.160. The lowest BCUT2D eigenvalue weighted by Gasteiger charge is -2.12. The summed E-state index contributed by atoms with van der Waals surface area (Å²) < 4.78 is 2.00. The van der Waals surface area contributed by atoms with Gasteiger partial charge in [-0.15, -0.1) is 10.2 Å². The highest BCUT2D eigenvalue weighted by Crippen LogP contribution is 2.29. The zero-order chi connectivity index (χ0) is 22.5. The molecule has 1 heterocycles. The van der Waals surface area contributed by atoms with Crippen molar-refractivity contribution in [3.05, 3.63) is 88.9 Å². The van der Waals surface area contributed by atoms with Crippen molar-refractivity contribution in [1.82, 2.24) is 14.8 Å². The van der Waals surface area contributed by atoms with Gasteiger partial charge in [-0.25, -0.2) is 0 Å². The third-order valence-corrected chi connectivity index (χ3v) is 6.48. The second kappa shape index (κ2) is 10.0. The van der Waals surface area contributed by atoms with Gasteiger partial charge in [-0.2, -0.15) is 0 Å². The van der Waals surface area contributed by atoms with Gasteiger partial charge in [0.05, 0.1) is 5.75 Å². The number of carbonyl (C=O) groups excluding carboxylic acids is 1. The third-order valence-electron chi connectivity index (χ3n) is 5.14. The minimum Gasteiger partial charge on any atom is -0.325 e. The number of nitrogens with one attached hydrogen (secondary N) is 1. The number of halogens is 1. The summed E-state index contributed by atoms with van der Waals surface area (Å²) >= 11 is 7.51. The van der Waals surface area contributed by atoms with Crippen LogP contribution in [0.5, 0.6) is 0 Å². The Bertz CT molecular complexity index is 1220. The van der Waals surface area contributed by atoms with E-state index in [4.69, 9.17) is 11.6 Å². The average molecular weight is 463 g/mol. The monoisotopic (exact) mass is 462 g/mol. The van der Waals surface area contributed by atoms with Crippen LogP contribution in [0.15, 0.2) is 78.0 Å². The lowest BCUT2D eigenvalue weighted by Crippen LogP contribution is -2.15. The summed E-state index contributed by atoms with van der Waals surface area (Å²) in [5.41, 5.74) is 4.74. The average Bonchev–Trinajstić information content (AvgIpc) is 3.25.